The molecule has 0 saturated heterocycles. The molecule has 2 rings (SSSR count). The summed E-state index contributed by atoms with van der Waals surface area (Å²) in [5.41, 5.74) is 6.50. The zero-order valence-electron chi connectivity index (χ0n) is 10.6. The van der Waals surface area contributed by atoms with E-state index in [9.17, 15) is 0 Å². The molecular formula is C14H21NO2. The smallest absolute Gasteiger partial charge is 0.146 e. The van der Waals surface area contributed by atoms with Crippen LogP contribution in [0, 0.1) is 5.92 Å². The lowest BCUT2D eigenvalue weighted by Gasteiger charge is -2.13. The summed E-state index contributed by atoms with van der Waals surface area (Å²) in [6, 6.07) is 5.61. The highest BCUT2D eigenvalue weighted by Gasteiger charge is 2.20. The molecule has 0 aliphatic heterocycles. The van der Waals surface area contributed by atoms with Crippen molar-refractivity contribution in [2.75, 3.05) is 12.3 Å². The summed E-state index contributed by atoms with van der Waals surface area (Å²) in [6.45, 7) is 4.76. The number of ether oxygens (including phenoxy) is 2. The minimum Gasteiger partial charge on any atom is -0.493 e. The third kappa shape index (κ3) is 3.84. The van der Waals surface area contributed by atoms with Gasteiger partial charge in [0.05, 0.1) is 18.4 Å². The first-order valence-corrected chi connectivity index (χ1v) is 6.34. The predicted octanol–water partition coefficient (Wildman–Crippen LogP) is 3.23. The topological polar surface area (TPSA) is 44.5 Å². The van der Waals surface area contributed by atoms with Crippen LogP contribution in [0.4, 0.5) is 5.69 Å². The molecule has 17 heavy (non-hydrogen) atoms. The first kappa shape index (κ1) is 12.1. The third-order valence-corrected chi connectivity index (χ3v) is 2.84. The second-order valence-electron chi connectivity index (χ2n) is 4.95. The van der Waals surface area contributed by atoms with Crippen molar-refractivity contribution in [3.8, 4) is 11.5 Å². The maximum atomic E-state index is 5.84. The average molecular weight is 235 g/mol. The minimum absolute atomic E-state index is 0.124. The largest absolute Gasteiger partial charge is 0.493 e. The molecule has 0 amide bonds. The molecule has 1 aromatic carbocycles. The van der Waals surface area contributed by atoms with Crippen LogP contribution in [0.25, 0.3) is 0 Å². The van der Waals surface area contributed by atoms with E-state index in [1.165, 1.54) is 12.8 Å². The van der Waals surface area contributed by atoms with Crippen molar-refractivity contribution in [1.82, 2.24) is 0 Å². The summed E-state index contributed by atoms with van der Waals surface area (Å²) in [6.07, 6.45) is 4.02. The average Bonchev–Trinajstić information content (AvgIpc) is 3.06. The summed E-state index contributed by atoms with van der Waals surface area (Å²) in [5.74, 6) is 2.45. The van der Waals surface area contributed by atoms with Gasteiger partial charge in [0, 0.05) is 6.07 Å². The van der Waals surface area contributed by atoms with E-state index in [1.54, 1.807) is 0 Å². The molecule has 0 radical (unpaired) electrons. The summed E-state index contributed by atoms with van der Waals surface area (Å²) in [4.78, 5) is 0. The first-order chi connectivity index (χ1) is 8.15. The summed E-state index contributed by atoms with van der Waals surface area (Å²) in [5, 5.41) is 0. The van der Waals surface area contributed by atoms with Gasteiger partial charge >= 0.3 is 0 Å². The Morgan fingerprint density at radius 1 is 1.35 bits per heavy atom. The maximum absolute atomic E-state index is 5.84. The molecule has 3 nitrogen and oxygen atoms in total. The molecule has 3 heteroatoms. The summed E-state index contributed by atoms with van der Waals surface area (Å²) >= 11 is 0. The van der Waals surface area contributed by atoms with Crippen molar-refractivity contribution in [1.29, 1.82) is 0 Å². The van der Waals surface area contributed by atoms with Gasteiger partial charge in [-0.3, -0.25) is 0 Å². The van der Waals surface area contributed by atoms with E-state index in [1.807, 2.05) is 32.0 Å². The Balaban J connectivity index is 1.91. The molecule has 94 valence electrons. The van der Waals surface area contributed by atoms with Crippen LogP contribution in [-0.4, -0.2) is 12.7 Å². The van der Waals surface area contributed by atoms with Gasteiger partial charge < -0.3 is 15.2 Å². The maximum Gasteiger partial charge on any atom is 0.146 e. The number of rotatable bonds is 6. The standard InChI is InChI=1S/C14H21NO2/c1-10(2)17-14-9-12(5-6-13(14)15)16-8-7-11-3-4-11/h5-6,9-11H,3-4,7-8,15H2,1-2H3. The molecule has 0 unspecified atom stereocenters. The van der Waals surface area contributed by atoms with Gasteiger partial charge in [0.2, 0.25) is 0 Å². The number of nitrogen functional groups attached to an aromatic ring is 1. The Morgan fingerprint density at radius 3 is 2.76 bits per heavy atom. The SMILES string of the molecule is CC(C)Oc1cc(OCCC2CC2)ccc1N. The van der Waals surface area contributed by atoms with Gasteiger partial charge in [0.1, 0.15) is 11.5 Å². The highest BCUT2D eigenvalue weighted by atomic mass is 16.5. The molecule has 1 fully saturated rings. The molecule has 1 aromatic rings. The van der Waals surface area contributed by atoms with Gasteiger partial charge in [-0.1, -0.05) is 12.8 Å². The van der Waals surface area contributed by atoms with Crippen LogP contribution < -0.4 is 15.2 Å². The first-order valence-electron chi connectivity index (χ1n) is 6.34. The highest BCUT2D eigenvalue weighted by Crippen LogP contribution is 2.33. The van der Waals surface area contributed by atoms with Crippen molar-refractivity contribution >= 4 is 5.69 Å². The molecule has 0 bridgehead atoms. The van der Waals surface area contributed by atoms with Crippen molar-refractivity contribution in [2.45, 2.75) is 39.2 Å². The monoisotopic (exact) mass is 235 g/mol. The molecule has 2 N–H and O–H groups in total. The zero-order valence-corrected chi connectivity index (χ0v) is 10.6. The van der Waals surface area contributed by atoms with Crippen molar-refractivity contribution in [3.05, 3.63) is 18.2 Å². The lowest BCUT2D eigenvalue weighted by molar-refractivity contribution is 0.241. The van der Waals surface area contributed by atoms with Crippen LogP contribution in [-0.2, 0) is 0 Å². The minimum atomic E-state index is 0.124. The van der Waals surface area contributed by atoms with E-state index in [0.29, 0.717) is 11.4 Å². The molecule has 1 aliphatic carbocycles. The lowest BCUT2D eigenvalue weighted by atomic mass is 10.2. The van der Waals surface area contributed by atoms with Crippen molar-refractivity contribution in [3.63, 3.8) is 0 Å². The fourth-order valence-electron chi connectivity index (χ4n) is 1.71. The molecule has 1 saturated carbocycles. The van der Waals surface area contributed by atoms with Crippen LogP contribution >= 0.6 is 0 Å². The molecule has 0 atom stereocenters. The number of nitrogens with two attached hydrogens (primary N) is 1. The molecular weight excluding hydrogens is 214 g/mol. The summed E-state index contributed by atoms with van der Waals surface area (Å²) < 4.78 is 11.3. The van der Waals surface area contributed by atoms with Gasteiger partial charge in [0.15, 0.2) is 0 Å². The Labute approximate surface area is 103 Å². The second-order valence-corrected chi connectivity index (χ2v) is 4.95. The predicted molar refractivity (Wildman–Crippen MR) is 69.5 cm³/mol. The van der Waals surface area contributed by atoms with Gasteiger partial charge in [-0.05, 0) is 38.3 Å². The van der Waals surface area contributed by atoms with E-state index in [-0.39, 0.29) is 6.10 Å². The quantitative estimate of drug-likeness (QED) is 0.770. The van der Waals surface area contributed by atoms with Crippen molar-refractivity contribution in [2.24, 2.45) is 5.92 Å². The molecule has 0 heterocycles. The zero-order chi connectivity index (χ0) is 12.3. The Morgan fingerprint density at radius 2 is 2.12 bits per heavy atom. The van der Waals surface area contributed by atoms with Gasteiger partial charge in [-0.25, -0.2) is 0 Å². The van der Waals surface area contributed by atoms with Crippen LogP contribution in [0.3, 0.4) is 0 Å². The van der Waals surface area contributed by atoms with Crippen LogP contribution in [0.1, 0.15) is 33.1 Å². The van der Waals surface area contributed by atoms with E-state index in [0.717, 1.165) is 24.7 Å². The van der Waals surface area contributed by atoms with Crippen LogP contribution in [0.5, 0.6) is 11.5 Å². The molecule has 1 aliphatic rings. The number of hydrogen-bond donors (Lipinski definition) is 1. The Hall–Kier alpha value is -1.38. The normalized spacial score (nSPS) is 15.0. The van der Waals surface area contributed by atoms with Gasteiger partial charge in [-0.2, -0.15) is 0 Å². The third-order valence-electron chi connectivity index (χ3n) is 2.84. The highest BCUT2D eigenvalue weighted by molar-refractivity contribution is 5.55. The molecule has 0 spiro atoms. The second kappa shape index (κ2) is 5.30. The molecule has 0 aromatic heterocycles. The van der Waals surface area contributed by atoms with E-state index in [4.69, 9.17) is 15.2 Å². The number of anilines is 1. The van der Waals surface area contributed by atoms with E-state index >= 15 is 0 Å². The summed E-state index contributed by atoms with van der Waals surface area (Å²) in [7, 11) is 0. The van der Waals surface area contributed by atoms with Gasteiger partial charge in [0.25, 0.3) is 0 Å². The van der Waals surface area contributed by atoms with E-state index in [2.05, 4.69) is 0 Å². The van der Waals surface area contributed by atoms with Gasteiger partial charge in [-0.15, -0.1) is 0 Å². The van der Waals surface area contributed by atoms with Crippen molar-refractivity contribution < 1.29 is 9.47 Å². The fourth-order valence-corrected chi connectivity index (χ4v) is 1.71. The van der Waals surface area contributed by atoms with Crippen LogP contribution in [0.15, 0.2) is 18.2 Å². The Kier molecular flexibility index (Phi) is 3.77. The number of benzene rings is 1. The lowest BCUT2D eigenvalue weighted by Crippen LogP contribution is -2.08. The van der Waals surface area contributed by atoms with E-state index < -0.39 is 0 Å². The number of hydrogen-bond acceptors (Lipinski definition) is 3. The van der Waals surface area contributed by atoms with Crippen LogP contribution in [0.2, 0.25) is 0 Å². The fraction of sp³-hybridized carbons (Fsp3) is 0.571. The Bertz CT molecular complexity index is 372.